The van der Waals surface area contributed by atoms with Gasteiger partial charge in [0.2, 0.25) is 5.91 Å². The molecule has 1 amide bonds. The van der Waals surface area contributed by atoms with E-state index in [1.807, 2.05) is 0 Å². The first kappa shape index (κ1) is 22.0. The molecule has 1 heterocycles. The second kappa shape index (κ2) is 12.4. The van der Waals surface area contributed by atoms with Crippen LogP contribution in [0.3, 0.4) is 0 Å². The molecule has 2 rings (SSSR count). The third kappa shape index (κ3) is 7.40. The number of piperazine rings is 1. The number of guanidine groups is 1. The Balaban J connectivity index is 0.00000312. The number of hydrogen-bond donors (Lipinski definition) is 2. The van der Waals surface area contributed by atoms with Crippen LogP contribution in [0.1, 0.15) is 32.1 Å². The fourth-order valence-corrected chi connectivity index (χ4v) is 3.49. The van der Waals surface area contributed by atoms with Gasteiger partial charge in [0, 0.05) is 52.2 Å². The summed E-state index contributed by atoms with van der Waals surface area (Å²) in [6, 6.07) is 0. The predicted octanol–water partition coefficient (Wildman–Crippen LogP) is 1.13. The van der Waals surface area contributed by atoms with E-state index < -0.39 is 0 Å². The summed E-state index contributed by atoms with van der Waals surface area (Å²) in [6.07, 6.45) is 11.1. The van der Waals surface area contributed by atoms with Crippen molar-refractivity contribution in [1.29, 1.82) is 0 Å². The normalized spacial score (nSPS) is 19.7. The number of rotatable bonds is 5. The zero-order valence-electron chi connectivity index (χ0n) is 15.3. The molecule has 142 valence electrons. The maximum atomic E-state index is 12.6. The Kier molecular flexibility index (Phi) is 10.9. The van der Waals surface area contributed by atoms with Crippen LogP contribution >= 0.6 is 24.0 Å². The number of terminal acetylenes is 1. The first-order chi connectivity index (χ1) is 11.7. The van der Waals surface area contributed by atoms with E-state index in [0.717, 1.165) is 58.1 Å². The second-order valence-electron chi connectivity index (χ2n) is 6.56. The van der Waals surface area contributed by atoms with Gasteiger partial charge in [-0.25, -0.2) is 0 Å². The number of hydrogen-bond acceptors (Lipinski definition) is 3. The molecule has 0 atom stereocenters. The molecule has 0 bridgehead atoms. The third-order valence-electron chi connectivity index (χ3n) is 4.94. The largest absolute Gasteiger partial charge is 0.355 e. The van der Waals surface area contributed by atoms with E-state index in [4.69, 9.17) is 6.42 Å². The van der Waals surface area contributed by atoms with E-state index in [2.05, 4.69) is 31.3 Å². The first-order valence-corrected chi connectivity index (χ1v) is 9.13. The molecule has 1 aliphatic carbocycles. The lowest BCUT2D eigenvalue weighted by molar-refractivity contribution is -0.138. The van der Waals surface area contributed by atoms with Crippen LogP contribution < -0.4 is 10.6 Å². The number of amides is 1. The van der Waals surface area contributed by atoms with Crippen molar-refractivity contribution < 1.29 is 4.79 Å². The van der Waals surface area contributed by atoms with E-state index >= 15 is 0 Å². The molecule has 6 nitrogen and oxygen atoms in total. The molecular formula is C18H32IN5O. The van der Waals surface area contributed by atoms with E-state index in [1.165, 1.54) is 19.3 Å². The van der Waals surface area contributed by atoms with Crippen molar-refractivity contribution in [2.45, 2.75) is 32.1 Å². The number of nitrogens with one attached hydrogen (secondary N) is 2. The molecule has 2 aliphatic rings. The number of halogens is 1. The van der Waals surface area contributed by atoms with Crippen LogP contribution in [0.25, 0.3) is 0 Å². The smallest absolute Gasteiger partial charge is 0.225 e. The van der Waals surface area contributed by atoms with Crippen molar-refractivity contribution in [2.24, 2.45) is 10.9 Å². The second-order valence-corrected chi connectivity index (χ2v) is 6.56. The Morgan fingerprint density at radius 3 is 2.44 bits per heavy atom. The molecule has 0 aromatic rings. The summed E-state index contributed by atoms with van der Waals surface area (Å²) in [7, 11) is 1.74. The highest BCUT2D eigenvalue weighted by molar-refractivity contribution is 14.0. The standard InChI is InChI=1S/C18H31N5O.HI/c1-3-9-20-18(19-2)21-10-11-22-12-14-23(15-13-22)17(24)16-7-5-4-6-8-16;/h1,16H,4-15H2,2H3,(H2,19,20,21);1H. The minimum Gasteiger partial charge on any atom is -0.355 e. The molecule has 1 saturated heterocycles. The van der Waals surface area contributed by atoms with Crippen molar-refractivity contribution in [3.05, 3.63) is 0 Å². The fourth-order valence-electron chi connectivity index (χ4n) is 3.49. The van der Waals surface area contributed by atoms with Gasteiger partial charge in [-0.3, -0.25) is 14.7 Å². The molecule has 0 aromatic heterocycles. The Labute approximate surface area is 169 Å². The Morgan fingerprint density at radius 2 is 1.84 bits per heavy atom. The summed E-state index contributed by atoms with van der Waals surface area (Å²) in [6.45, 7) is 5.87. The Bertz CT molecular complexity index is 463. The predicted molar refractivity (Wildman–Crippen MR) is 113 cm³/mol. The van der Waals surface area contributed by atoms with Gasteiger partial charge in [0.05, 0.1) is 6.54 Å². The zero-order chi connectivity index (χ0) is 17.2. The van der Waals surface area contributed by atoms with Crippen LogP contribution in [-0.2, 0) is 4.79 Å². The van der Waals surface area contributed by atoms with E-state index in [1.54, 1.807) is 7.05 Å². The molecule has 0 spiro atoms. The first-order valence-electron chi connectivity index (χ1n) is 9.13. The van der Waals surface area contributed by atoms with Gasteiger partial charge in [-0.05, 0) is 12.8 Å². The van der Waals surface area contributed by atoms with Gasteiger partial charge in [-0.2, -0.15) is 0 Å². The third-order valence-corrected chi connectivity index (χ3v) is 4.94. The van der Waals surface area contributed by atoms with Gasteiger partial charge in [0.25, 0.3) is 0 Å². The average Bonchev–Trinajstić information content (AvgIpc) is 2.65. The van der Waals surface area contributed by atoms with Gasteiger partial charge in [-0.1, -0.05) is 25.2 Å². The van der Waals surface area contributed by atoms with Crippen LogP contribution in [0, 0.1) is 18.3 Å². The number of carbonyl (C=O) groups is 1. The molecule has 0 aromatic carbocycles. The summed E-state index contributed by atoms with van der Waals surface area (Å²) in [4.78, 5) is 21.2. The van der Waals surface area contributed by atoms with Crippen molar-refractivity contribution in [2.75, 3.05) is 52.9 Å². The summed E-state index contributed by atoms with van der Waals surface area (Å²) in [5, 5.41) is 6.30. The van der Waals surface area contributed by atoms with Crippen LogP contribution in [0.15, 0.2) is 4.99 Å². The maximum Gasteiger partial charge on any atom is 0.225 e. The highest BCUT2D eigenvalue weighted by atomic mass is 127. The number of aliphatic imine (C=N–C) groups is 1. The average molecular weight is 461 g/mol. The van der Waals surface area contributed by atoms with Gasteiger partial charge in [0.15, 0.2) is 5.96 Å². The van der Waals surface area contributed by atoms with Gasteiger partial charge in [0.1, 0.15) is 0 Å². The highest BCUT2D eigenvalue weighted by Crippen LogP contribution is 2.25. The van der Waals surface area contributed by atoms with Gasteiger partial charge >= 0.3 is 0 Å². The molecule has 7 heteroatoms. The van der Waals surface area contributed by atoms with Crippen LogP contribution in [0.4, 0.5) is 0 Å². The van der Waals surface area contributed by atoms with Crippen LogP contribution in [0.5, 0.6) is 0 Å². The molecule has 1 aliphatic heterocycles. The summed E-state index contributed by atoms with van der Waals surface area (Å²) < 4.78 is 0. The minimum absolute atomic E-state index is 0. The monoisotopic (exact) mass is 461 g/mol. The minimum atomic E-state index is 0. The molecule has 0 radical (unpaired) electrons. The number of nitrogens with zero attached hydrogens (tertiary/aromatic N) is 3. The lowest BCUT2D eigenvalue weighted by Crippen LogP contribution is -2.52. The zero-order valence-corrected chi connectivity index (χ0v) is 17.6. The van der Waals surface area contributed by atoms with E-state index in [0.29, 0.717) is 12.5 Å². The fraction of sp³-hybridized carbons (Fsp3) is 0.778. The topological polar surface area (TPSA) is 60.0 Å². The lowest BCUT2D eigenvalue weighted by Gasteiger charge is -2.37. The molecule has 1 saturated carbocycles. The SMILES string of the molecule is C#CCNC(=NC)NCCN1CCN(C(=O)C2CCCCC2)CC1.I. The maximum absolute atomic E-state index is 12.6. The molecule has 0 unspecified atom stereocenters. The van der Waals surface area contributed by atoms with E-state index in [9.17, 15) is 4.79 Å². The van der Waals surface area contributed by atoms with E-state index in [-0.39, 0.29) is 29.9 Å². The molecule has 2 fully saturated rings. The highest BCUT2D eigenvalue weighted by Gasteiger charge is 2.28. The Hall–Kier alpha value is -1.01. The van der Waals surface area contributed by atoms with Crippen LogP contribution in [-0.4, -0.2) is 74.5 Å². The van der Waals surface area contributed by atoms with Crippen LogP contribution in [0.2, 0.25) is 0 Å². The van der Waals surface area contributed by atoms with Crippen molar-refractivity contribution >= 4 is 35.8 Å². The summed E-state index contributed by atoms with van der Waals surface area (Å²) >= 11 is 0. The van der Waals surface area contributed by atoms with Crippen molar-refractivity contribution in [3.63, 3.8) is 0 Å². The lowest BCUT2D eigenvalue weighted by atomic mass is 9.88. The molecule has 25 heavy (non-hydrogen) atoms. The van der Waals surface area contributed by atoms with Crippen molar-refractivity contribution in [3.8, 4) is 12.3 Å². The Morgan fingerprint density at radius 1 is 1.16 bits per heavy atom. The quantitative estimate of drug-likeness (QED) is 0.279. The van der Waals surface area contributed by atoms with Gasteiger partial charge in [-0.15, -0.1) is 30.4 Å². The van der Waals surface area contributed by atoms with Gasteiger partial charge < -0.3 is 15.5 Å². The molecule has 2 N–H and O–H groups in total. The van der Waals surface area contributed by atoms with Crippen molar-refractivity contribution in [1.82, 2.24) is 20.4 Å². The summed E-state index contributed by atoms with van der Waals surface area (Å²) in [5.74, 6) is 3.95. The summed E-state index contributed by atoms with van der Waals surface area (Å²) in [5.41, 5.74) is 0. The number of carbonyl (C=O) groups excluding carboxylic acids is 1. The molecular weight excluding hydrogens is 429 g/mol.